The number of nitrogens with zero attached hydrogens (tertiary/aromatic N) is 3. The predicted molar refractivity (Wildman–Crippen MR) is 121 cm³/mol. The van der Waals surface area contributed by atoms with Crippen LogP contribution < -0.4 is 21.1 Å². The molecule has 9 nitrogen and oxygen atoms in total. The van der Waals surface area contributed by atoms with Crippen LogP contribution in [-0.4, -0.2) is 59.7 Å². The molecule has 2 saturated heterocycles. The molecule has 2 aliphatic heterocycles. The SMILES string of the molecule is O=C1NCCCC[C@H]1Nc1nc(N2CCOCC2)[nH]c(=O)c1-c1nc2ccccc2s1. The molecule has 3 N–H and O–H groups in total. The first-order chi connectivity index (χ1) is 15.2. The number of amides is 1. The molecule has 1 aromatic carbocycles. The van der Waals surface area contributed by atoms with Gasteiger partial charge < -0.3 is 20.3 Å². The summed E-state index contributed by atoms with van der Waals surface area (Å²) in [6.07, 6.45) is 2.55. The number of aromatic amines is 1. The fraction of sp³-hybridized carbons (Fsp3) is 0.429. The van der Waals surface area contributed by atoms with Crippen LogP contribution in [-0.2, 0) is 9.53 Å². The summed E-state index contributed by atoms with van der Waals surface area (Å²) in [7, 11) is 0. The largest absolute Gasteiger partial charge is 0.378 e. The molecule has 162 valence electrons. The van der Waals surface area contributed by atoms with Gasteiger partial charge in [0.05, 0.1) is 23.4 Å². The predicted octanol–water partition coefficient (Wildman–Crippen LogP) is 1.96. The fourth-order valence-corrected chi connectivity index (χ4v) is 4.92. The minimum absolute atomic E-state index is 0.0669. The van der Waals surface area contributed by atoms with Crippen molar-refractivity contribution in [3.8, 4) is 10.6 Å². The molecule has 0 saturated carbocycles. The van der Waals surface area contributed by atoms with Crippen molar-refractivity contribution in [3.63, 3.8) is 0 Å². The van der Waals surface area contributed by atoms with Crippen LogP contribution in [0.5, 0.6) is 0 Å². The van der Waals surface area contributed by atoms with Gasteiger partial charge in [0.2, 0.25) is 11.9 Å². The van der Waals surface area contributed by atoms with Gasteiger partial charge in [-0.15, -0.1) is 11.3 Å². The molecule has 2 aliphatic rings. The minimum atomic E-state index is -0.442. The Balaban J connectivity index is 1.59. The standard InChI is InChI=1S/C21H24N6O3S/c28-18-14(6-3-4-8-22-18)23-17-16(20-24-13-5-1-2-7-15(13)31-20)19(29)26-21(25-17)27-9-11-30-12-10-27/h1-2,5,7,14H,3-4,6,8-12H2,(H,22,28)(H2,23,25,26,29)/t14-/m1/s1. The van der Waals surface area contributed by atoms with Crippen molar-refractivity contribution in [1.29, 1.82) is 0 Å². The first-order valence-electron chi connectivity index (χ1n) is 10.6. The maximum Gasteiger partial charge on any atom is 0.264 e. The summed E-state index contributed by atoms with van der Waals surface area (Å²) in [6, 6.07) is 7.33. The van der Waals surface area contributed by atoms with Crippen LogP contribution in [0.2, 0.25) is 0 Å². The average molecular weight is 441 g/mol. The van der Waals surface area contributed by atoms with E-state index in [1.807, 2.05) is 29.2 Å². The fourth-order valence-electron chi connectivity index (χ4n) is 3.91. The number of morpholine rings is 1. The summed E-state index contributed by atoms with van der Waals surface area (Å²) in [5.41, 5.74) is 0.930. The van der Waals surface area contributed by atoms with E-state index in [0.29, 0.717) is 61.6 Å². The Morgan fingerprint density at radius 2 is 1.97 bits per heavy atom. The number of ether oxygens (including phenoxy) is 1. The van der Waals surface area contributed by atoms with Crippen molar-refractivity contribution in [1.82, 2.24) is 20.3 Å². The van der Waals surface area contributed by atoms with Gasteiger partial charge in [0.1, 0.15) is 22.4 Å². The third-order valence-corrected chi connectivity index (χ3v) is 6.63. The topological polar surface area (TPSA) is 112 Å². The molecule has 0 spiro atoms. The van der Waals surface area contributed by atoms with Crippen LogP contribution in [0.15, 0.2) is 29.1 Å². The van der Waals surface area contributed by atoms with E-state index in [1.54, 1.807) is 0 Å². The lowest BCUT2D eigenvalue weighted by molar-refractivity contribution is -0.121. The number of carbonyl (C=O) groups is 1. The Kier molecular flexibility index (Phi) is 5.56. The van der Waals surface area contributed by atoms with E-state index in [4.69, 9.17) is 9.72 Å². The highest BCUT2D eigenvalue weighted by molar-refractivity contribution is 7.21. The van der Waals surface area contributed by atoms with Crippen LogP contribution >= 0.6 is 11.3 Å². The molecule has 4 heterocycles. The zero-order chi connectivity index (χ0) is 21.2. The molecule has 5 rings (SSSR count). The van der Waals surface area contributed by atoms with Gasteiger partial charge in [-0.25, -0.2) is 4.98 Å². The second-order valence-corrected chi connectivity index (χ2v) is 8.71. The highest BCUT2D eigenvalue weighted by Gasteiger charge is 2.26. The highest BCUT2D eigenvalue weighted by Crippen LogP contribution is 2.32. The normalized spacial score (nSPS) is 19.8. The lowest BCUT2D eigenvalue weighted by Crippen LogP contribution is -2.40. The van der Waals surface area contributed by atoms with Crippen LogP contribution in [0.25, 0.3) is 20.8 Å². The van der Waals surface area contributed by atoms with E-state index in [1.165, 1.54) is 11.3 Å². The van der Waals surface area contributed by atoms with E-state index in [2.05, 4.69) is 20.6 Å². The smallest absolute Gasteiger partial charge is 0.264 e. The highest BCUT2D eigenvalue weighted by atomic mass is 32.1. The van der Waals surface area contributed by atoms with Gasteiger partial charge >= 0.3 is 0 Å². The molecule has 10 heteroatoms. The summed E-state index contributed by atoms with van der Waals surface area (Å²) in [5, 5.41) is 6.78. The number of H-pyrrole nitrogens is 1. The molecule has 0 unspecified atom stereocenters. The van der Waals surface area contributed by atoms with Crippen molar-refractivity contribution >= 4 is 39.2 Å². The average Bonchev–Trinajstić information content (AvgIpc) is 3.11. The number of thiazole rings is 1. The Hall–Kier alpha value is -2.98. The van der Waals surface area contributed by atoms with Gasteiger partial charge in [-0.05, 0) is 31.4 Å². The van der Waals surface area contributed by atoms with Gasteiger partial charge in [0.25, 0.3) is 5.56 Å². The van der Waals surface area contributed by atoms with Gasteiger partial charge in [-0.2, -0.15) is 4.98 Å². The lowest BCUT2D eigenvalue weighted by Gasteiger charge is -2.28. The maximum atomic E-state index is 13.2. The Morgan fingerprint density at radius 3 is 2.81 bits per heavy atom. The number of hydrogen-bond acceptors (Lipinski definition) is 8. The summed E-state index contributed by atoms with van der Waals surface area (Å²) >= 11 is 1.44. The summed E-state index contributed by atoms with van der Waals surface area (Å²) in [4.78, 5) is 40.1. The number of anilines is 2. The first kappa shape index (κ1) is 20.0. The zero-order valence-corrected chi connectivity index (χ0v) is 17.8. The van der Waals surface area contributed by atoms with E-state index >= 15 is 0 Å². The Bertz CT molecular complexity index is 1120. The summed E-state index contributed by atoms with van der Waals surface area (Å²) in [6.45, 7) is 3.12. The van der Waals surface area contributed by atoms with Crippen molar-refractivity contribution in [2.24, 2.45) is 0 Å². The van der Waals surface area contributed by atoms with Gasteiger partial charge in [0.15, 0.2) is 0 Å². The third kappa shape index (κ3) is 4.13. The number of nitrogens with one attached hydrogen (secondary N) is 3. The molecule has 0 radical (unpaired) electrons. The van der Waals surface area contributed by atoms with Crippen molar-refractivity contribution in [3.05, 3.63) is 34.6 Å². The van der Waals surface area contributed by atoms with Crippen LogP contribution in [0.3, 0.4) is 0 Å². The lowest BCUT2D eigenvalue weighted by atomic mass is 10.1. The molecule has 31 heavy (non-hydrogen) atoms. The Morgan fingerprint density at radius 1 is 1.13 bits per heavy atom. The van der Waals surface area contributed by atoms with Crippen molar-refractivity contribution in [2.75, 3.05) is 43.1 Å². The molecule has 2 aromatic heterocycles. The second kappa shape index (κ2) is 8.64. The summed E-state index contributed by atoms with van der Waals surface area (Å²) in [5.74, 6) is 0.809. The number of hydrogen-bond donors (Lipinski definition) is 3. The maximum absolute atomic E-state index is 13.2. The van der Waals surface area contributed by atoms with E-state index in [0.717, 1.165) is 23.1 Å². The third-order valence-electron chi connectivity index (χ3n) is 5.57. The zero-order valence-electron chi connectivity index (χ0n) is 17.0. The molecular formula is C21H24N6O3S. The molecule has 2 fully saturated rings. The molecule has 1 atom stereocenters. The number of carbonyl (C=O) groups excluding carboxylic acids is 1. The van der Waals surface area contributed by atoms with Gasteiger partial charge in [0, 0.05) is 19.6 Å². The number of rotatable bonds is 4. The minimum Gasteiger partial charge on any atom is -0.378 e. The number of fused-ring (bicyclic) bond motifs is 1. The first-order valence-corrected chi connectivity index (χ1v) is 11.4. The van der Waals surface area contributed by atoms with Gasteiger partial charge in [-0.1, -0.05) is 12.1 Å². The number of benzene rings is 1. The van der Waals surface area contributed by atoms with Crippen LogP contribution in [0.4, 0.5) is 11.8 Å². The second-order valence-electron chi connectivity index (χ2n) is 7.68. The van der Waals surface area contributed by atoms with Crippen LogP contribution in [0, 0.1) is 0 Å². The molecule has 0 bridgehead atoms. The number of para-hydroxylation sites is 1. The number of aromatic nitrogens is 3. The quantitative estimate of drug-likeness (QED) is 0.569. The molecule has 0 aliphatic carbocycles. The van der Waals surface area contributed by atoms with E-state index < -0.39 is 6.04 Å². The monoisotopic (exact) mass is 440 g/mol. The molecule has 3 aromatic rings. The van der Waals surface area contributed by atoms with Crippen LogP contribution in [0.1, 0.15) is 19.3 Å². The van der Waals surface area contributed by atoms with E-state index in [9.17, 15) is 9.59 Å². The van der Waals surface area contributed by atoms with Crippen molar-refractivity contribution in [2.45, 2.75) is 25.3 Å². The van der Waals surface area contributed by atoms with Gasteiger partial charge in [-0.3, -0.25) is 14.6 Å². The molecular weight excluding hydrogens is 416 g/mol. The summed E-state index contributed by atoms with van der Waals surface area (Å²) < 4.78 is 6.41. The Labute approximate surface area is 182 Å². The van der Waals surface area contributed by atoms with Crippen molar-refractivity contribution < 1.29 is 9.53 Å². The van der Waals surface area contributed by atoms with E-state index in [-0.39, 0.29) is 11.5 Å². The molecule has 1 amide bonds.